The second-order valence-corrected chi connectivity index (χ2v) is 8.32. The average Bonchev–Trinajstić information content (AvgIpc) is 2.76. The Morgan fingerprint density at radius 3 is 2.38 bits per heavy atom. The van der Waals surface area contributed by atoms with Crippen molar-refractivity contribution in [3.63, 3.8) is 0 Å². The Labute approximate surface area is 188 Å². The quantitative estimate of drug-likeness (QED) is 0.446. The molecule has 32 heavy (non-hydrogen) atoms. The molecule has 0 heterocycles. The van der Waals surface area contributed by atoms with E-state index in [1.807, 2.05) is 72.8 Å². The maximum absolute atomic E-state index is 12.7. The van der Waals surface area contributed by atoms with Gasteiger partial charge in [0.1, 0.15) is 18.2 Å². The molecule has 1 N–H and O–H groups in total. The minimum atomic E-state index is -0.948. The minimum absolute atomic E-state index is 0.0933. The number of alkyl carbamates (subject to hydrolysis) is 1. The fourth-order valence-electron chi connectivity index (χ4n) is 3.06. The van der Waals surface area contributed by atoms with E-state index in [1.165, 1.54) is 0 Å². The van der Waals surface area contributed by atoms with E-state index >= 15 is 0 Å². The molecule has 5 heteroatoms. The molecule has 5 nitrogen and oxygen atoms in total. The first kappa shape index (κ1) is 22.9. The van der Waals surface area contributed by atoms with Gasteiger partial charge in [-0.05, 0) is 43.2 Å². The van der Waals surface area contributed by atoms with Gasteiger partial charge in [-0.15, -0.1) is 0 Å². The second-order valence-electron chi connectivity index (χ2n) is 8.32. The highest BCUT2D eigenvalue weighted by Crippen LogP contribution is 2.17. The Morgan fingerprint density at radius 2 is 1.62 bits per heavy atom. The summed E-state index contributed by atoms with van der Waals surface area (Å²) in [5.74, 6) is 5.58. The van der Waals surface area contributed by atoms with Gasteiger partial charge in [-0.2, -0.15) is 0 Å². The van der Waals surface area contributed by atoms with E-state index in [9.17, 15) is 9.59 Å². The van der Waals surface area contributed by atoms with Crippen LogP contribution in [0.15, 0.2) is 72.8 Å². The molecule has 1 amide bonds. The van der Waals surface area contributed by atoms with Crippen molar-refractivity contribution < 1.29 is 19.1 Å². The van der Waals surface area contributed by atoms with Crippen molar-refractivity contribution in [3.8, 4) is 11.8 Å². The number of carbonyl (C=O) groups is 2. The predicted octanol–water partition coefficient (Wildman–Crippen LogP) is 5.22. The molecular weight excluding hydrogens is 402 g/mol. The van der Waals surface area contributed by atoms with Crippen LogP contribution < -0.4 is 5.32 Å². The summed E-state index contributed by atoms with van der Waals surface area (Å²) in [4.78, 5) is 25.0. The molecular formula is C27H27NO4. The topological polar surface area (TPSA) is 64.6 Å². The maximum Gasteiger partial charge on any atom is 0.408 e. The van der Waals surface area contributed by atoms with E-state index in [0.717, 1.165) is 21.9 Å². The van der Waals surface area contributed by atoms with E-state index in [0.29, 0.717) is 0 Å². The Bertz CT molecular complexity index is 1130. The third-order valence-electron chi connectivity index (χ3n) is 4.52. The van der Waals surface area contributed by atoms with Crippen LogP contribution in [0.4, 0.5) is 4.79 Å². The summed E-state index contributed by atoms with van der Waals surface area (Å²) in [5.41, 5.74) is 1.03. The largest absolute Gasteiger partial charge is 0.459 e. The van der Waals surface area contributed by atoms with E-state index in [-0.39, 0.29) is 13.0 Å². The zero-order valence-electron chi connectivity index (χ0n) is 18.6. The lowest BCUT2D eigenvalue weighted by Gasteiger charge is -2.22. The SMILES string of the molecule is CC(C)(C)OC(=O)NC(CC#Cc1cccc2ccccc12)C(=O)OCc1ccccc1. The van der Waals surface area contributed by atoms with Crippen molar-refractivity contribution in [3.05, 3.63) is 83.9 Å². The number of benzene rings is 3. The fraction of sp³-hybridized carbons (Fsp3) is 0.259. The summed E-state index contributed by atoms with van der Waals surface area (Å²) in [7, 11) is 0. The summed E-state index contributed by atoms with van der Waals surface area (Å²) in [6, 6.07) is 22.3. The lowest BCUT2D eigenvalue weighted by Crippen LogP contribution is -2.44. The lowest BCUT2D eigenvalue weighted by atomic mass is 10.0. The van der Waals surface area contributed by atoms with Crippen LogP contribution in [-0.4, -0.2) is 23.7 Å². The maximum atomic E-state index is 12.7. The molecule has 0 aliphatic carbocycles. The number of nitrogens with one attached hydrogen (secondary N) is 1. The number of fused-ring (bicyclic) bond motifs is 1. The van der Waals surface area contributed by atoms with Crippen LogP contribution in [0.5, 0.6) is 0 Å². The molecule has 0 aliphatic rings. The van der Waals surface area contributed by atoms with E-state index in [2.05, 4.69) is 17.2 Å². The van der Waals surface area contributed by atoms with Crippen molar-refractivity contribution in [2.45, 2.75) is 45.4 Å². The molecule has 1 atom stereocenters. The van der Waals surface area contributed by atoms with Crippen molar-refractivity contribution >= 4 is 22.8 Å². The van der Waals surface area contributed by atoms with E-state index in [4.69, 9.17) is 9.47 Å². The van der Waals surface area contributed by atoms with Gasteiger partial charge in [0, 0.05) is 12.0 Å². The first-order valence-corrected chi connectivity index (χ1v) is 10.5. The molecule has 0 saturated carbocycles. The summed E-state index contributed by atoms with van der Waals surface area (Å²) in [6.07, 6.45) is -0.595. The molecule has 0 aliphatic heterocycles. The lowest BCUT2D eigenvalue weighted by molar-refractivity contribution is -0.147. The summed E-state index contributed by atoms with van der Waals surface area (Å²) < 4.78 is 10.7. The number of rotatable bonds is 5. The van der Waals surface area contributed by atoms with Crippen LogP contribution in [0.25, 0.3) is 10.8 Å². The number of hydrogen-bond donors (Lipinski definition) is 1. The van der Waals surface area contributed by atoms with Gasteiger partial charge in [0.05, 0.1) is 0 Å². The Hall–Kier alpha value is -3.78. The number of ether oxygens (including phenoxy) is 2. The van der Waals surface area contributed by atoms with Gasteiger partial charge in [0.2, 0.25) is 0 Å². The fourth-order valence-corrected chi connectivity index (χ4v) is 3.06. The van der Waals surface area contributed by atoms with Crippen molar-refractivity contribution in [1.82, 2.24) is 5.32 Å². The van der Waals surface area contributed by atoms with E-state index in [1.54, 1.807) is 20.8 Å². The number of amides is 1. The molecule has 1 unspecified atom stereocenters. The molecule has 0 aromatic heterocycles. The number of carbonyl (C=O) groups excluding carboxylic acids is 2. The Kier molecular flexibility index (Phi) is 7.51. The van der Waals surface area contributed by atoms with Gasteiger partial charge in [-0.1, -0.05) is 78.6 Å². The zero-order valence-corrected chi connectivity index (χ0v) is 18.6. The van der Waals surface area contributed by atoms with Crippen molar-refractivity contribution in [2.75, 3.05) is 0 Å². The highest BCUT2D eigenvalue weighted by molar-refractivity contribution is 5.88. The first-order chi connectivity index (χ1) is 15.3. The highest BCUT2D eigenvalue weighted by Gasteiger charge is 2.25. The first-order valence-electron chi connectivity index (χ1n) is 10.5. The minimum Gasteiger partial charge on any atom is -0.459 e. The molecule has 0 fully saturated rings. The van der Waals surface area contributed by atoms with Crippen molar-refractivity contribution in [1.29, 1.82) is 0 Å². The smallest absolute Gasteiger partial charge is 0.408 e. The summed E-state index contributed by atoms with van der Waals surface area (Å²) in [6.45, 7) is 5.39. The van der Waals surface area contributed by atoms with Crippen LogP contribution >= 0.6 is 0 Å². The van der Waals surface area contributed by atoms with E-state index < -0.39 is 23.7 Å². The Morgan fingerprint density at radius 1 is 0.938 bits per heavy atom. The standard InChI is InChI=1S/C27H27NO4/c1-27(2,3)32-26(30)28-24(25(29)31-19-20-11-5-4-6-12-20)18-10-16-22-15-9-14-21-13-7-8-17-23(21)22/h4-9,11-15,17,24H,18-19H2,1-3H3,(H,28,30). The van der Waals surface area contributed by atoms with Crippen LogP contribution in [0, 0.1) is 11.8 Å². The monoisotopic (exact) mass is 429 g/mol. The predicted molar refractivity (Wildman–Crippen MR) is 125 cm³/mol. The third kappa shape index (κ3) is 6.88. The molecule has 0 bridgehead atoms. The normalized spacial score (nSPS) is 11.7. The second kappa shape index (κ2) is 10.5. The van der Waals surface area contributed by atoms with Crippen LogP contribution in [-0.2, 0) is 20.9 Å². The van der Waals surface area contributed by atoms with Crippen LogP contribution in [0.3, 0.4) is 0 Å². The average molecular weight is 430 g/mol. The van der Waals surface area contributed by atoms with Crippen molar-refractivity contribution in [2.24, 2.45) is 0 Å². The van der Waals surface area contributed by atoms with Gasteiger partial charge >= 0.3 is 12.1 Å². The summed E-state index contributed by atoms with van der Waals surface area (Å²) in [5, 5.41) is 4.72. The molecule has 164 valence electrons. The third-order valence-corrected chi connectivity index (χ3v) is 4.52. The van der Waals surface area contributed by atoms with Gasteiger partial charge in [-0.25, -0.2) is 9.59 Å². The highest BCUT2D eigenvalue weighted by atomic mass is 16.6. The van der Waals surface area contributed by atoms with Crippen LogP contribution in [0.2, 0.25) is 0 Å². The number of esters is 1. The molecule has 0 spiro atoms. The Balaban J connectivity index is 1.73. The molecule has 0 radical (unpaired) electrons. The number of hydrogen-bond acceptors (Lipinski definition) is 4. The van der Waals surface area contributed by atoms with Gasteiger partial charge in [-0.3, -0.25) is 0 Å². The van der Waals surface area contributed by atoms with Gasteiger partial charge in [0.25, 0.3) is 0 Å². The van der Waals surface area contributed by atoms with Gasteiger partial charge in [0.15, 0.2) is 0 Å². The molecule has 0 saturated heterocycles. The van der Waals surface area contributed by atoms with Gasteiger partial charge < -0.3 is 14.8 Å². The molecule has 3 aromatic rings. The summed E-state index contributed by atoms with van der Waals surface area (Å²) >= 11 is 0. The molecule has 3 rings (SSSR count). The zero-order chi connectivity index (χ0) is 23.0. The van der Waals surface area contributed by atoms with Crippen LogP contribution in [0.1, 0.15) is 38.3 Å². The molecule has 3 aromatic carbocycles.